The highest BCUT2D eigenvalue weighted by Crippen LogP contribution is 2.30. The fraction of sp³-hybridized carbons (Fsp3) is 0.571. The van der Waals surface area contributed by atoms with Crippen LogP contribution in [0.15, 0.2) is 18.5 Å². The first-order valence-corrected chi connectivity index (χ1v) is 6.72. The van der Waals surface area contributed by atoms with Crippen LogP contribution in [0, 0.1) is 11.8 Å². The first-order valence-electron chi connectivity index (χ1n) is 6.72. The van der Waals surface area contributed by atoms with Crippen LogP contribution in [0.25, 0.3) is 0 Å². The molecular weight excluding hydrogens is 242 g/mol. The molecule has 0 saturated heterocycles. The van der Waals surface area contributed by atoms with Crippen molar-refractivity contribution in [3.63, 3.8) is 0 Å². The maximum Gasteiger partial charge on any atom is 0.255 e. The van der Waals surface area contributed by atoms with E-state index < -0.39 is 0 Å². The maximum absolute atomic E-state index is 12.1. The number of carbonyl (C=O) groups is 1. The molecule has 0 aromatic carbocycles. The van der Waals surface area contributed by atoms with E-state index >= 15 is 0 Å². The largest absolute Gasteiger partial charge is 0.494 e. The van der Waals surface area contributed by atoms with Gasteiger partial charge in [-0.1, -0.05) is 6.42 Å². The third-order valence-corrected chi connectivity index (χ3v) is 3.89. The molecule has 1 aromatic rings. The van der Waals surface area contributed by atoms with Gasteiger partial charge in [0.2, 0.25) is 0 Å². The molecule has 0 bridgehead atoms. The van der Waals surface area contributed by atoms with Gasteiger partial charge < -0.3 is 15.8 Å². The van der Waals surface area contributed by atoms with Gasteiger partial charge in [0.25, 0.3) is 5.91 Å². The Balaban J connectivity index is 1.94. The molecule has 5 nitrogen and oxygen atoms in total. The molecule has 1 aliphatic carbocycles. The zero-order valence-corrected chi connectivity index (χ0v) is 11.3. The first kappa shape index (κ1) is 13.8. The van der Waals surface area contributed by atoms with Gasteiger partial charge in [0, 0.05) is 12.7 Å². The molecule has 0 radical (unpaired) electrons. The smallest absolute Gasteiger partial charge is 0.255 e. The number of ether oxygens (including phenoxy) is 1. The Hall–Kier alpha value is -1.62. The number of amides is 1. The van der Waals surface area contributed by atoms with E-state index in [9.17, 15) is 4.79 Å². The van der Waals surface area contributed by atoms with Gasteiger partial charge in [-0.2, -0.15) is 0 Å². The van der Waals surface area contributed by atoms with Crippen molar-refractivity contribution in [1.82, 2.24) is 10.3 Å². The average Bonchev–Trinajstić information content (AvgIpc) is 2.92. The van der Waals surface area contributed by atoms with Crippen molar-refractivity contribution < 1.29 is 9.53 Å². The fourth-order valence-corrected chi connectivity index (χ4v) is 2.74. The summed E-state index contributed by atoms with van der Waals surface area (Å²) in [6.45, 7) is 1.39. The molecule has 1 aliphatic rings. The van der Waals surface area contributed by atoms with Crippen molar-refractivity contribution in [2.45, 2.75) is 19.3 Å². The number of rotatable bonds is 5. The second-order valence-electron chi connectivity index (χ2n) is 4.97. The van der Waals surface area contributed by atoms with Crippen LogP contribution < -0.4 is 15.8 Å². The Morgan fingerprint density at radius 3 is 3.05 bits per heavy atom. The van der Waals surface area contributed by atoms with Crippen molar-refractivity contribution in [1.29, 1.82) is 0 Å². The van der Waals surface area contributed by atoms with Gasteiger partial charge >= 0.3 is 0 Å². The second-order valence-corrected chi connectivity index (χ2v) is 4.97. The van der Waals surface area contributed by atoms with Crippen molar-refractivity contribution in [3.8, 4) is 5.75 Å². The van der Waals surface area contributed by atoms with Crippen molar-refractivity contribution >= 4 is 5.91 Å². The van der Waals surface area contributed by atoms with E-state index in [1.807, 2.05) is 0 Å². The van der Waals surface area contributed by atoms with Crippen LogP contribution in [0.2, 0.25) is 0 Å². The Morgan fingerprint density at radius 1 is 1.53 bits per heavy atom. The number of hydrogen-bond acceptors (Lipinski definition) is 4. The molecule has 5 heteroatoms. The highest BCUT2D eigenvalue weighted by Gasteiger charge is 2.26. The number of nitrogens with one attached hydrogen (secondary N) is 1. The van der Waals surface area contributed by atoms with E-state index in [0.717, 1.165) is 6.42 Å². The zero-order valence-electron chi connectivity index (χ0n) is 11.3. The lowest BCUT2D eigenvalue weighted by Crippen LogP contribution is -2.33. The summed E-state index contributed by atoms with van der Waals surface area (Å²) in [5.41, 5.74) is 6.27. The van der Waals surface area contributed by atoms with Crippen LogP contribution in [0.5, 0.6) is 5.75 Å². The van der Waals surface area contributed by atoms with Crippen LogP contribution >= 0.6 is 0 Å². The summed E-state index contributed by atoms with van der Waals surface area (Å²) >= 11 is 0. The lowest BCUT2D eigenvalue weighted by atomic mass is 9.96. The van der Waals surface area contributed by atoms with Gasteiger partial charge in [0.05, 0.1) is 18.9 Å². The maximum atomic E-state index is 12.1. The molecule has 1 fully saturated rings. The van der Waals surface area contributed by atoms with Gasteiger partial charge in [-0.15, -0.1) is 0 Å². The number of nitrogens with zero attached hydrogens (tertiary/aromatic N) is 1. The van der Waals surface area contributed by atoms with Gasteiger partial charge in [0.1, 0.15) is 5.75 Å². The number of carbonyl (C=O) groups excluding carboxylic acids is 1. The highest BCUT2D eigenvalue weighted by molar-refractivity contribution is 5.96. The molecule has 0 spiro atoms. The SMILES string of the molecule is COc1cnccc1C(=O)NCC1CCCC1CN. The zero-order chi connectivity index (χ0) is 13.7. The van der Waals surface area contributed by atoms with Crippen LogP contribution in [-0.4, -0.2) is 31.1 Å². The lowest BCUT2D eigenvalue weighted by Gasteiger charge is -2.18. The van der Waals surface area contributed by atoms with E-state index in [0.29, 0.717) is 36.2 Å². The van der Waals surface area contributed by atoms with Crippen molar-refractivity contribution in [2.75, 3.05) is 20.2 Å². The molecule has 3 N–H and O–H groups in total. The molecule has 1 saturated carbocycles. The summed E-state index contributed by atoms with van der Waals surface area (Å²) in [5, 5.41) is 2.98. The Bertz CT molecular complexity index is 436. The Labute approximate surface area is 113 Å². The minimum absolute atomic E-state index is 0.109. The highest BCUT2D eigenvalue weighted by atomic mass is 16.5. The molecule has 1 amide bonds. The van der Waals surface area contributed by atoms with Crippen molar-refractivity contribution in [2.24, 2.45) is 17.6 Å². The summed E-state index contributed by atoms with van der Waals surface area (Å²) in [5.74, 6) is 1.44. The summed E-state index contributed by atoms with van der Waals surface area (Å²) in [6, 6.07) is 1.67. The number of aromatic nitrogens is 1. The van der Waals surface area contributed by atoms with Gasteiger partial charge in [-0.05, 0) is 37.3 Å². The van der Waals surface area contributed by atoms with Crippen LogP contribution in [0.3, 0.4) is 0 Å². The molecule has 2 unspecified atom stereocenters. The molecular formula is C14H21N3O2. The van der Waals surface area contributed by atoms with Gasteiger partial charge in [-0.3, -0.25) is 9.78 Å². The third kappa shape index (κ3) is 3.23. The Morgan fingerprint density at radius 2 is 2.32 bits per heavy atom. The first-order chi connectivity index (χ1) is 9.26. The summed E-state index contributed by atoms with van der Waals surface area (Å²) in [4.78, 5) is 16.1. The number of hydrogen-bond donors (Lipinski definition) is 2. The summed E-state index contributed by atoms with van der Waals surface area (Å²) < 4.78 is 5.14. The number of nitrogens with two attached hydrogens (primary N) is 1. The average molecular weight is 263 g/mol. The topological polar surface area (TPSA) is 77.2 Å². The van der Waals surface area contributed by atoms with E-state index in [2.05, 4.69) is 10.3 Å². The van der Waals surface area contributed by atoms with Crippen LogP contribution in [0.4, 0.5) is 0 Å². The van der Waals surface area contributed by atoms with Crippen LogP contribution in [0.1, 0.15) is 29.6 Å². The summed E-state index contributed by atoms with van der Waals surface area (Å²) in [7, 11) is 1.54. The predicted molar refractivity (Wildman–Crippen MR) is 73.0 cm³/mol. The minimum Gasteiger partial charge on any atom is -0.494 e. The third-order valence-electron chi connectivity index (χ3n) is 3.89. The van der Waals surface area contributed by atoms with Gasteiger partial charge in [0.15, 0.2) is 0 Å². The van der Waals surface area contributed by atoms with Crippen LogP contribution in [-0.2, 0) is 0 Å². The molecule has 2 rings (SSSR count). The molecule has 104 valence electrons. The normalized spacial score (nSPS) is 22.2. The molecule has 1 aromatic heterocycles. The molecule has 19 heavy (non-hydrogen) atoms. The quantitative estimate of drug-likeness (QED) is 0.836. The van der Waals surface area contributed by atoms with Gasteiger partial charge in [-0.25, -0.2) is 0 Å². The summed E-state index contributed by atoms with van der Waals surface area (Å²) in [6.07, 6.45) is 6.68. The molecule has 1 heterocycles. The lowest BCUT2D eigenvalue weighted by molar-refractivity contribution is 0.0941. The Kier molecular flexibility index (Phi) is 4.74. The van der Waals surface area contributed by atoms with E-state index in [-0.39, 0.29) is 5.91 Å². The monoisotopic (exact) mass is 263 g/mol. The minimum atomic E-state index is -0.109. The predicted octanol–water partition coefficient (Wildman–Crippen LogP) is 1.19. The molecule has 2 atom stereocenters. The standard InChI is InChI=1S/C14H21N3O2/c1-19-13-9-16-6-5-12(13)14(18)17-8-11-4-2-3-10(11)7-15/h5-6,9-11H,2-4,7-8,15H2,1H3,(H,17,18). The van der Waals surface area contributed by atoms with Crippen molar-refractivity contribution in [3.05, 3.63) is 24.0 Å². The number of methoxy groups -OCH3 is 1. The fourth-order valence-electron chi connectivity index (χ4n) is 2.74. The van der Waals surface area contributed by atoms with E-state index in [1.54, 1.807) is 18.5 Å². The van der Waals surface area contributed by atoms with E-state index in [1.165, 1.54) is 20.0 Å². The second kappa shape index (κ2) is 6.52. The molecule has 0 aliphatic heterocycles. The number of pyridine rings is 1. The van der Waals surface area contributed by atoms with E-state index in [4.69, 9.17) is 10.5 Å².